The molecule has 1 aromatic carbocycles. The fourth-order valence-corrected chi connectivity index (χ4v) is 3.37. The maximum Gasteiger partial charge on any atom is 0.255 e. The molecule has 0 aliphatic carbocycles. The number of hydrogen-bond donors (Lipinski definition) is 1. The van der Waals surface area contributed by atoms with E-state index in [0.29, 0.717) is 25.1 Å². The number of piperidine rings is 1. The van der Waals surface area contributed by atoms with Gasteiger partial charge in [0.15, 0.2) is 0 Å². The molecule has 1 amide bonds. The third kappa shape index (κ3) is 2.95. The lowest BCUT2D eigenvalue weighted by molar-refractivity contribution is 0.0297. The first-order valence-electron chi connectivity index (χ1n) is 5.91. The van der Waals surface area contributed by atoms with Crippen LogP contribution in [0.1, 0.15) is 23.7 Å². The molecule has 98 valence electrons. The van der Waals surface area contributed by atoms with Crippen LogP contribution in [0.15, 0.2) is 27.1 Å². The van der Waals surface area contributed by atoms with Crippen LogP contribution in [0.25, 0.3) is 0 Å². The molecule has 3 nitrogen and oxygen atoms in total. The van der Waals surface area contributed by atoms with Crippen molar-refractivity contribution in [2.75, 3.05) is 13.1 Å². The number of likely N-dealkylation sites (tertiary alicyclic amines) is 1. The molecule has 0 saturated carbocycles. The van der Waals surface area contributed by atoms with Crippen LogP contribution in [0.4, 0.5) is 0 Å². The SMILES string of the molecule is CC1CN(C(=O)c2ccc(Br)cc2Br)CCC1O. The van der Waals surface area contributed by atoms with E-state index in [4.69, 9.17) is 0 Å². The van der Waals surface area contributed by atoms with Crippen LogP contribution in [-0.4, -0.2) is 35.1 Å². The van der Waals surface area contributed by atoms with E-state index in [1.807, 2.05) is 30.0 Å². The summed E-state index contributed by atoms with van der Waals surface area (Å²) in [7, 11) is 0. The van der Waals surface area contributed by atoms with Gasteiger partial charge in [0.05, 0.1) is 11.7 Å². The lowest BCUT2D eigenvalue weighted by atomic mass is 9.96. The highest BCUT2D eigenvalue weighted by Crippen LogP contribution is 2.25. The minimum Gasteiger partial charge on any atom is -0.393 e. The quantitative estimate of drug-likeness (QED) is 0.818. The fraction of sp³-hybridized carbons (Fsp3) is 0.462. The molecular weight excluding hydrogens is 362 g/mol. The lowest BCUT2D eigenvalue weighted by Crippen LogP contribution is -2.45. The number of amides is 1. The van der Waals surface area contributed by atoms with Gasteiger partial charge in [0.1, 0.15) is 0 Å². The van der Waals surface area contributed by atoms with Gasteiger partial charge in [-0.3, -0.25) is 4.79 Å². The first-order chi connectivity index (χ1) is 8.49. The Morgan fingerprint density at radius 2 is 2.17 bits per heavy atom. The molecule has 0 aromatic heterocycles. The topological polar surface area (TPSA) is 40.5 Å². The van der Waals surface area contributed by atoms with E-state index in [0.717, 1.165) is 8.95 Å². The molecule has 5 heteroatoms. The van der Waals surface area contributed by atoms with Crippen LogP contribution in [0.3, 0.4) is 0 Å². The second-order valence-corrected chi connectivity index (χ2v) is 6.48. The number of halogens is 2. The van der Waals surface area contributed by atoms with Gasteiger partial charge in [0.25, 0.3) is 5.91 Å². The van der Waals surface area contributed by atoms with Gasteiger partial charge >= 0.3 is 0 Å². The molecule has 1 heterocycles. The number of rotatable bonds is 1. The minimum atomic E-state index is -0.289. The Morgan fingerprint density at radius 3 is 2.78 bits per heavy atom. The molecule has 0 bridgehead atoms. The molecule has 0 spiro atoms. The van der Waals surface area contributed by atoms with Crippen LogP contribution < -0.4 is 0 Å². The zero-order chi connectivity index (χ0) is 13.3. The zero-order valence-electron chi connectivity index (χ0n) is 10.1. The Morgan fingerprint density at radius 1 is 1.44 bits per heavy atom. The van der Waals surface area contributed by atoms with Crippen LogP contribution in [0.2, 0.25) is 0 Å². The largest absolute Gasteiger partial charge is 0.393 e. The number of hydrogen-bond acceptors (Lipinski definition) is 2. The summed E-state index contributed by atoms with van der Waals surface area (Å²) < 4.78 is 1.73. The number of carbonyl (C=O) groups is 1. The van der Waals surface area contributed by atoms with Crippen molar-refractivity contribution in [2.24, 2.45) is 5.92 Å². The van der Waals surface area contributed by atoms with Crippen LogP contribution in [-0.2, 0) is 0 Å². The van der Waals surface area contributed by atoms with E-state index in [-0.39, 0.29) is 17.9 Å². The summed E-state index contributed by atoms with van der Waals surface area (Å²) in [5, 5.41) is 9.69. The summed E-state index contributed by atoms with van der Waals surface area (Å²) in [6.07, 6.45) is 0.364. The maximum absolute atomic E-state index is 12.4. The standard InChI is InChI=1S/C13H15Br2NO2/c1-8-7-16(5-4-12(8)17)13(18)10-3-2-9(14)6-11(10)15/h2-3,6,8,12,17H,4-5,7H2,1H3. The molecule has 1 aliphatic heterocycles. The van der Waals surface area contributed by atoms with Gasteiger partial charge in [-0.1, -0.05) is 22.9 Å². The smallest absolute Gasteiger partial charge is 0.255 e. The molecule has 0 radical (unpaired) electrons. The molecule has 2 atom stereocenters. The first kappa shape index (κ1) is 14.0. The summed E-state index contributed by atoms with van der Waals surface area (Å²) in [5.74, 6) is 0.157. The Kier molecular flexibility index (Phi) is 4.45. The highest BCUT2D eigenvalue weighted by atomic mass is 79.9. The first-order valence-corrected chi connectivity index (χ1v) is 7.50. The van der Waals surface area contributed by atoms with Crippen molar-refractivity contribution in [1.82, 2.24) is 4.90 Å². The summed E-state index contributed by atoms with van der Waals surface area (Å²) >= 11 is 6.79. The molecule has 1 aliphatic rings. The predicted octanol–water partition coefficient (Wildman–Crippen LogP) is 3.05. The minimum absolute atomic E-state index is 0.0214. The van der Waals surface area contributed by atoms with Gasteiger partial charge in [0.2, 0.25) is 0 Å². The number of aliphatic hydroxyl groups excluding tert-OH is 1. The van der Waals surface area contributed by atoms with Crippen molar-refractivity contribution < 1.29 is 9.90 Å². The Labute approximate surface area is 123 Å². The number of carbonyl (C=O) groups excluding carboxylic acids is 1. The van der Waals surface area contributed by atoms with E-state index in [1.165, 1.54) is 0 Å². The Hall–Kier alpha value is -0.390. The van der Waals surface area contributed by atoms with Crippen molar-refractivity contribution >= 4 is 37.8 Å². The molecular formula is C13H15Br2NO2. The van der Waals surface area contributed by atoms with Gasteiger partial charge in [0, 0.05) is 22.0 Å². The molecule has 1 fully saturated rings. The van der Waals surface area contributed by atoms with Crippen molar-refractivity contribution in [2.45, 2.75) is 19.4 Å². The zero-order valence-corrected chi connectivity index (χ0v) is 13.2. The number of benzene rings is 1. The van der Waals surface area contributed by atoms with Gasteiger partial charge < -0.3 is 10.0 Å². The average molecular weight is 377 g/mol. The number of aliphatic hydroxyl groups is 1. The fourth-order valence-electron chi connectivity index (χ4n) is 2.15. The highest BCUT2D eigenvalue weighted by molar-refractivity contribution is 9.11. The summed E-state index contributed by atoms with van der Waals surface area (Å²) in [6.45, 7) is 3.20. The summed E-state index contributed by atoms with van der Waals surface area (Å²) in [6, 6.07) is 5.54. The average Bonchev–Trinajstić information content (AvgIpc) is 2.32. The molecule has 2 rings (SSSR count). The van der Waals surface area contributed by atoms with E-state index < -0.39 is 0 Å². The lowest BCUT2D eigenvalue weighted by Gasteiger charge is -2.34. The second kappa shape index (κ2) is 5.72. The summed E-state index contributed by atoms with van der Waals surface area (Å²) in [4.78, 5) is 14.2. The van der Waals surface area contributed by atoms with Crippen molar-refractivity contribution in [3.05, 3.63) is 32.7 Å². The van der Waals surface area contributed by atoms with Crippen LogP contribution in [0.5, 0.6) is 0 Å². The Balaban J connectivity index is 2.16. The Bertz CT molecular complexity index is 464. The van der Waals surface area contributed by atoms with Crippen molar-refractivity contribution in [3.63, 3.8) is 0 Å². The highest BCUT2D eigenvalue weighted by Gasteiger charge is 2.28. The third-order valence-electron chi connectivity index (χ3n) is 3.31. The van der Waals surface area contributed by atoms with Crippen molar-refractivity contribution in [3.8, 4) is 0 Å². The number of nitrogens with zero attached hydrogens (tertiary/aromatic N) is 1. The monoisotopic (exact) mass is 375 g/mol. The molecule has 1 N–H and O–H groups in total. The molecule has 1 aromatic rings. The maximum atomic E-state index is 12.4. The second-order valence-electron chi connectivity index (χ2n) is 4.71. The normalized spacial score (nSPS) is 24.1. The van der Waals surface area contributed by atoms with Gasteiger partial charge in [-0.05, 0) is 46.5 Å². The molecule has 1 saturated heterocycles. The summed E-state index contributed by atoms with van der Waals surface area (Å²) in [5.41, 5.74) is 0.668. The van der Waals surface area contributed by atoms with E-state index in [1.54, 1.807) is 0 Å². The van der Waals surface area contributed by atoms with Gasteiger partial charge in [-0.2, -0.15) is 0 Å². The van der Waals surface area contributed by atoms with E-state index in [9.17, 15) is 9.90 Å². The van der Waals surface area contributed by atoms with Gasteiger partial charge in [-0.25, -0.2) is 0 Å². The third-order valence-corrected chi connectivity index (χ3v) is 4.46. The van der Waals surface area contributed by atoms with E-state index in [2.05, 4.69) is 31.9 Å². The molecule has 18 heavy (non-hydrogen) atoms. The predicted molar refractivity (Wildman–Crippen MR) is 77.5 cm³/mol. The van der Waals surface area contributed by atoms with Gasteiger partial charge in [-0.15, -0.1) is 0 Å². The van der Waals surface area contributed by atoms with Crippen molar-refractivity contribution in [1.29, 1.82) is 0 Å². The van der Waals surface area contributed by atoms with E-state index >= 15 is 0 Å². The van der Waals surface area contributed by atoms with Crippen LogP contribution >= 0.6 is 31.9 Å². The molecule has 2 unspecified atom stereocenters. The van der Waals surface area contributed by atoms with Crippen LogP contribution in [0, 0.1) is 5.92 Å².